The predicted octanol–water partition coefficient (Wildman–Crippen LogP) is 2.96. The molecule has 1 heterocycles. The minimum atomic E-state index is -0.0299. The number of hydrogen-bond donors (Lipinski definition) is 1. The van der Waals surface area contributed by atoms with Crippen LogP contribution in [0.3, 0.4) is 0 Å². The maximum absolute atomic E-state index is 12.4. The second-order valence-electron chi connectivity index (χ2n) is 6.92. The summed E-state index contributed by atoms with van der Waals surface area (Å²) < 4.78 is 0. The van der Waals surface area contributed by atoms with Gasteiger partial charge in [0.2, 0.25) is 11.8 Å². The van der Waals surface area contributed by atoms with Gasteiger partial charge in [0.05, 0.1) is 12.6 Å². The largest absolute Gasteiger partial charge is 0.347 e. The van der Waals surface area contributed by atoms with E-state index < -0.39 is 0 Å². The van der Waals surface area contributed by atoms with Crippen LogP contribution < -0.4 is 5.32 Å². The van der Waals surface area contributed by atoms with Gasteiger partial charge < -0.3 is 10.2 Å². The van der Waals surface area contributed by atoms with Crippen LogP contribution in [0.4, 0.5) is 0 Å². The number of hydrogen-bond acceptors (Lipinski definition) is 2. The molecule has 1 N–H and O–H groups in total. The van der Waals surface area contributed by atoms with E-state index in [2.05, 4.69) is 36.5 Å². The summed E-state index contributed by atoms with van der Waals surface area (Å²) >= 11 is 0. The molecule has 0 radical (unpaired) electrons. The molecular weight excluding hydrogens is 288 g/mol. The van der Waals surface area contributed by atoms with Gasteiger partial charge in [-0.05, 0) is 44.1 Å². The molecule has 1 aromatic carbocycles. The zero-order valence-electron chi connectivity index (χ0n) is 13.9. The molecule has 1 aliphatic carbocycles. The molecule has 0 aromatic heterocycles. The van der Waals surface area contributed by atoms with Crippen molar-refractivity contribution in [2.24, 2.45) is 5.92 Å². The standard InChI is InChI=1S/C19H26N2O2/c1-14-6-8-15(9-7-14)19(16-10-11-16)20-17(22)13-21-12-4-2-3-5-18(21)23/h6-9,16,19H,2-5,10-13H2,1H3,(H,20,22). The highest BCUT2D eigenvalue weighted by Gasteiger charge is 2.33. The van der Waals surface area contributed by atoms with Crippen molar-refractivity contribution >= 4 is 11.8 Å². The van der Waals surface area contributed by atoms with E-state index in [1.165, 1.54) is 24.0 Å². The van der Waals surface area contributed by atoms with E-state index in [-0.39, 0.29) is 24.4 Å². The van der Waals surface area contributed by atoms with Crippen LogP contribution >= 0.6 is 0 Å². The first-order valence-electron chi connectivity index (χ1n) is 8.77. The van der Waals surface area contributed by atoms with E-state index in [1.807, 2.05) is 0 Å². The molecular formula is C19H26N2O2. The summed E-state index contributed by atoms with van der Waals surface area (Å²) in [5, 5.41) is 3.17. The molecule has 23 heavy (non-hydrogen) atoms. The number of benzene rings is 1. The first kappa shape index (κ1) is 16.0. The van der Waals surface area contributed by atoms with Crippen LogP contribution in [-0.2, 0) is 9.59 Å². The quantitative estimate of drug-likeness (QED) is 0.908. The van der Waals surface area contributed by atoms with Gasteiger partial charge in [0.15, 0.2) is 0 Å². The highest BCUT2D eigenvalue weighted by molar-refractivity contribution is 5.85. The van der Waals surface area contributed by atoms with Crippen molar-refractivity contribution in [2.75, 3.05) is 13.1 Å². The Bertz CT molecular complexity index is 563. The molecule has 3 rings (SSSR count). The summed E-state index contributed by atoms with van der Waals surface area (Å²) in [6, 6.07) is 8.49. The summed E-state index contributed by atoms with van der Waals surface area (Å²) in [7, 11) is 0. The molecule has 124 valence electrons. The Hall–Kier alpha value is -1.84. The second kappa shape index (κ2) is 7.16. The van der Waals surface area contributed by atoms with E-state index in [4.69, 9.17) is 0 Å². The average Bonchev–Trinajstić information content (AvgIpc) is 3.37. The Morgan fingerprint density at radius 2 is 1.96 bits per heavy atom. The fraction of sp³-hybridized carbons (Fsp3) is 0.579. The van der Waals surface area contributed by atoms with Crippen LogP contribution in [0.1, 0.15) is 55.7 Å². The predicted molar refractivity (Wildman–Crippen MR) is 89.8 cm³/mol. The van der Waals surface area contributed by atoms with Crippen molar-refractivity contribution in [1.82, 2.24) is 10.2 Å². The van der Waals surface area contributed by atoms with Crippen molar-refractivity contribution in [3.05, 3.63) is 35.4 Å². The molecule has 4 nitrogen and oxygen atoms in total. The van der Waals surface area contributed by atoms with Gasteiger partial charge in [-0.15, -0.1) is 0 Å². The Balaban J connectivity index is 1.62. The Morgan fingerprint density at radius 3 is 2.65 bits per heavy atom. The fourth-order valence-electron chi connectivity index (χ4n) is 3.27. The number of amides is 2. The molecule has 1 atom stereocenters. The molecule has 2 fully saturated rings. The summed E-state index contributed by atoms with van der Waals surface area (Å²) in [4.78, 5) is 26.2. The second-order valence-corrected chi connectivity index (χ2v) is 6.92. The van der Waals surface area contributed by atoms with Gasteiger partial charge >= 0.3 is 0 Å². The van der Waals surface area contributed by atoms with Crippen LogP contribution in [0.2, 0.25) is 0 Å². The van der Waals surface area contributed by atoms with Gasteiger partial charge in [0.1, 0.15) is 0 Å². The van der Waals surface area contributed by atoms with E-state index in [1.54, 1.807) is 4.90 Å². The molecule has 2 aliphatic rings. The first-order valence-corrected chi connectivity index (χ1v) is 8.77. The van der Waals surface area contributed by atoms with Gasteiger partial charge in [-0.3, -0.25) is 9.59 Å². The normalized spacial score (nSPS) is 20.0. The zero-order chi connectivity index (χ0) is 16.2. The topological polar surface area (TPSA) is 49.4 Å². The van der Waals surface area contributed by atoms with Crippen LogP contribution in [0, 0.1) is 12.8 Å². The third-order valence-corrected chi connectivity index (χ3v) is 4.85. The van der Waals surface area contributed by atoms with Crippen LogP contribution in [0.25, 0.3) is 0 Å². The molecule has 1 aromatic rings. The lowest BCUT2D eigenvalue weighted by molar-refractivity contribution is -0.135. The first-order chi connectivity index (χ1) is 11.1. The zero-order valence-corrected chi connectivity index (χ0v) is 13.9. The third-order valence-electron chi connectivity index (χ3n) is 4.85. The molecule has 0 bridgehead atoms. The molecule has 1 unspecified atom stereocenters. The Kier molecular flexibility index (Phi) is 4.99. The molecule has 2 amide bonds. The fourth-order valence-corrected chi connectivity index (χ4v) is 3.27. The minimum absolute atomic E-state index is 0.0299. The molecule has 1 saturated heterocycles. The van der Waals surface area contributed by atoms with E-state index >= 15 is 0 Å². The molecule has 1 saturated carbocycles. The lowest BCUT2D eigenvalue weighted by Gasteiger charge is -2.23. The Labute approximate surface area is 138 Å². The van der Waals surface area contributed by atoms with E-state index in [0.717, 1.165) is 19.3 Å². The van der Waals surface area contributed by atoms with E-state index in [0.29, 0.717) is 18.9 Å². The van der Waals surface area contributed by atoms with Crippen molar-refractivity contribution in [3.8, 4) is 0 Å². The van der Waals surface area contributed by atoms with Crippen molar-refractivity contribution < 1.29 is 9.59 Å². The van der Waals surface area contributed by atoms with Gasteiger partial charge in [-0.2, -0.15) is 0 Å². The highest BCUT2D eigenvalue weighted by Crippen LogP contribution is 2.41. The SMILES string of the molecule is Cc1ccc(C(NC(=O)CN2CCCCCC2=O)C2CC2)cc1. The van der Waals surface area contributed by atoms with Crippen molar-refractivity contribution in [2.45, 2.75) is 51.5 Å². The van der Waals surface area contributed by atoms with Crippen molar-refractivity contribution in [3.63, 3.8) is 0 Å². The maximum Gasteiger partial charge on any atom is 0.240 e. The number of likely N-dealkylation sites (tertiary alicyclic amines) is 1. The summed E-state index contributed by atoms with van der Waals surface area (Å²) in [6.07, 6.45) is 5.95. The summed E-state index contributed by atoms with van der Waals surface area (Å²) in [5.41, 5.74) is 2.40. The number of nitrogens with one attached hydrogen (secondary N) is 1. The molecule has 4 heteroatoms. The molecule has 1 aliphatic heterocycles. The van der Waals surface area contributed by atoms with Crippen LogP contribution in [0.5, 0.6) is 0 Å². The van der Waals surface area contributed by atoms with Gasteiger partial charge in [0, 0.05) is 13.0 Å². The van der Waals surface area contributed by atoms with Crippen molar-refractivity contribution in [1.29, 1.82) is 0 Å². The summed E-state index contributed by atoms with van der Waals surface area (Å²) in [6.45, 7) is 2.98. The maximum atomic E-state index is 12.4. The van der Waals surface area contributed by atoms with Gasteiger partial charge in [-0.25, -0.2) is 0 Å². The summed E-state index contributed by atoms with van der Waals surface area (Å²) in [5.74, 6) is 0.634. The van der Waals surface area contributed by atoms with Crippen LogP contribution in [0.15, 0.2) is 24.3 Å². The average molecular weight is 314 g/mol. The monoisotopic (exact) mass is 314 g/mol. The molecule has 0 spiro atoms. The number of carbonyl (C=O) groups excluding carboxylic acids is 2. The Morgan fingerprint density at radius 1 is 1.22 bits per heavy atom. The number of carbonyl (C=O) groups is 2. The number of aryl methyl sites for hydroxylation is 1. The smallest absolute Gasteiger partial charge is 0.240 e. The van der Waals surface area contributed by atoms with Gasteiger partial charge in [0.25, 0.3) is 0 Å². The van der Waals surface area contributed by atoms with Gasteiger partial charge in [-0.1, -0.05) is 36.2 Å². The van der Waals surface area contributed by atoms with Crippen LogP contribution in [-0.4, -0.2) is 29.8 Å². The number of nitrogens with zero attached hydrogens (tertiary/aromatic N) is 1. The minimum Gasteiger partial charge on any atom is -0.347 e. The number of rotatable bonds is 5. The lowest BCUT2D eigenvalue weighted by atomic mass is 10.0. The highest BCUT2D eigenvalue weighted by atomic mass is 16.2. The third kappa shape index (κ3) is 4.34. The lowest BCUT2D eigenvalue weighted by Crippen LogP contribution is -2.42. The van der Waals surface area contributed by atoms with E-state index in [9.17, 15) is 9.59 Å².